The Morgan fingerprint density at radius 1 is 1.40 bits per heavy atom. The van der Waals surface area contributed by atoms with Gasteiger partial charge >= 0.3 is 0 Å². The van der Waals surface area contributed by atoms with Crippen LogP contribution in [0.1, 0.15) is 25.2 Å². The van der Waals surface area contributed by atoms with E-state index in [1.54, 1.807) is 7.11 Å². The van der Waals surface area contributed by atoms with Crippen LogP contribution in [0.25, 0.3) is 11.4 Å². The van der Waals surface area contributed by atoms with Gasteiger partial charge in [0.2, 0.25) is 17.6 Å². The first-order chi connectivity index (χ1) is 11.7. The summed E-state index contributed by atoms with van der Waals surface area (Å²) < 4.78 is 10.4. The van der Waals surface area contributed by atoms with Crippen molar-refractivity contribution in [2.75, 3.05) is 20.2 Å². The predicted molar refractivity (Wildman–Crippen MR) is 95.6 cm³/mol. The van der Waals surface area contributed by atoms with Crippen LogP contribution in [0.15, 0.2) is 28.8 Å². The van der Waals surface area contributed by atoms with Gasteiger partial charge in [0, 0.05) is 37.5 Å². The van der Waals surface area contributed by atoms with Gasteiger partial charge in [-0.1, -0.05) is 5.16 Å². The minimum Gasteiger partial charge on any atom is -0.497 e. The van der Waals surface area contributed by atoms with Crippen molar-refractivity contribution < 1.29 is 14.1 Å². The van der Waals surface area contributed by atoms with E-state index < -0.39 is 0 Å². The first-order valence-electron chi connectivity index (χ1n) is 8.18. The molecule has 0 aliphatic carbocycles. The lowest BCUT2D eigenvalue weighted by molar-refractivity contribution is -0.131. The molecule has 2 heterocycles. The maximum absolute atomic E-state index is 12.3. The van der Waals surface area contributed by atoms with Gasteiger partial charge in [-0.3, -0.25) is 4.79 Å². The van der Waals surface area contributed by atoms with Crippen molar-refractivity contribution in [2.45, 2.75) is 31.7 Å². The zero-order valence-electron chi connectivity index (χ0n) is 14.2. The number of hydrogen-bond donors (Lipinski definition) is 1. The van der Waals surface area contributed by atoms with Crippen molar-refractivity contribution in [3.8, 4) is 17.1 Å². The summed E-state index contributed by atoms with van der Waals surface area (Å²) >= 11 is 0. The number of benzene rings is 1. The van der Waals surface area contributed by atoms with Gasteiger partial charge in [0.05, 0.1) is 7.11 Å². The topological polar surface area (TPSA) is 94.5 Å². The maximum atomic E-state index is 12.3. The molecular formula is C17H23ClN4O3. The Kier molecular flexibility index (Phi) is 6.78. The lowest BCUT2D eigenvalue weighted by Gasteiger charge is -2.23. The van der Waals surface area contributed by atoms with Crippen molar-refractivity contribution in [3.05, 3.63) is 30.2 Å². The highest BCUT2D eigenvalue weighted by Crippen LogP contribution is 2.21. The lowest BCUT2D eigenvalue weighted by Crippen LogP contribution is -2.40. The third kappa shape index (κ3) is 4.49. The normalized spacial score (nSPS) is 16.6. The molecule has 0 spiro atoms. The summed E-state index contributed by atoms with van der Waals surface area (Å²) in [6.07, 6.45) is 2.82. The maximum Gasteiger partial charge on any atom is 0.227 e. The summed E-state index contributed by atoms with van der Waals surface area (Å²) in [5.41, 5.74) is 6.56. The average Bonchev–Trinajstić information content (AvgIpc) is 3.29. The van der Waals surface area contributed by atoms with Crippen LogP contribution in [0.5, 0.6) is 5.75 Å². The summed E-state index contributed by atoms with van der Waals surface area (Å²) in [6, 6.07) is 7.60. The summed E-state index contributed by atoms with van der Waals surface area (Å²) in [4.78, 5) is 18.5. The van der Waals surface area contributed by atoms with E-state index in [1.165, 1.54) is 0 Å². The van der Waals surface area contributed by atoms with E-state index in [9.17, 15) is 4.79 Å². The van der Waals surface area contributed by atoms with Crippen LogP contribution in [0, 0.1) is 0 Å². The molecule has 136 valence electrons. The lowest BCUT2D eigenvalue weighted by atomic mass is 10.2. The molecule has 7 nitrogen and oxygen atoms in total. The number of carbonyl (C=O) groups excluding carboxylic acids is 1. The van der Waals surface area contributed by atoms with Gasteiger partial charge in [-0.2, -0.15) is 4.98 Å². The fourth-order valence-corrected chi connectivity index (χ4v) is 2.98. The Bertz CT molecular complexity index is 689. The van der Waals surface area contributed by atoms with Gasteiger partial charge in [-0.05, 0) is 37.1 Å². The van der Waals surface area contributed by atoms with Crippen LogP contribution in [0.4, 0.5) is 0 Å². The number of nitrogens with zero attached hydrogens (tertiary/aromatic N) is 3. The molecule has 1 amide bonds. The summed E-state index contributed by atoms with van der Waals surface area (Å²) in [5, 5.41) is 3.98. The summed E-state index contributed by atoms with van der Waals surface area (Å²) in [5.74, 6) is 1.86. The molecule has 1 fully saturated rings. The fraction of sp³-hybridized carbons (Fsp3) is 0.471. The molecule has 1 unspecified atom stereocenters. The van der Waals surface area contributed by atoms with Crippen LogP contribution < -0.4 is 10.5 Å². The highest BCUT2D eigenvalue weighted by atomic mass is 35.5. The van der Waals surface area contributed by atoms with E-state index in [2.05, 4.69) is 10.1 Å². The number of aryl methyl sites for hydroxylation is 1. The largest absolute Gasteiger partial charge is 0.497 e. The molecule has 1 aromatic carbocycles. The number of hydrogen-bond acceptors (Lipinski definition) is 6. The van der Waals surface area contributed by atoms with Crippen LogP contribution in [-0.2, 0) is 11.2 Å². The van der Waals surface area contributed by atoms with Crippen LogP contribution in [-0.4, -0.2) is 47.2 Å². The molecule has 0 saturated carbocycles. The van der Waals surface area contributed by atoms with Crippen molar-refractivity contribution in [1.29, 1.82) is 0 Å². The molecule has 1 aliphatic rings. The van der Waals surface area contributed by atoms with Gasteiger partial charge in [-0.25, -0.2) is 0 Å². The molecule has 25 heavy (non-hydrogen) atoms. The number of halogens is 1. The number of aromatic nitrogens is 2. The van der Waals surface area contributed by atoms with Gasteiger partial charge in [0.1, 0.15) is 5.75 Å². The molecule has 1 aliphatic heterocycles. The Hall–Kier alpha value is -2.12. The smallest absolute Gasteiger partial charge is 0.227 e. The molecular weight excluding hydrogens is 344 g/mol. The number of rotatable bonds is 6. The Balaban J connectivity index is 0.00000225. The number of carbonyl (C=O) groups is 1. The monoisotopic (exact) mass is 366 g/mol. The quantitative estimate of drug-likeness (QED) is 0.840. The second kappa shape index (κ2) is 8.82. The van der Waals surface area contributed by atoms with E-state index in [1.807, 2.05) is 29.2 Å². The predicted octanol–water partition coefficient (Wildman–Crippen LogP) is 2.05. The minimum absolute atomic E-state index is 0. The fourth-order valence-electron chi connectivity index (χ4n) is 2.98. The molecule has 3 rings (SSSR count). The molecule has 2 aromatic rings. The zero-order valence-corrected chi connectivity index (χ0v) is 15.0. The number of amides is 1. The van der Waals surface area contributed by atoms with Crippen LogP contribution in [0.2, 0.25) is 0 Å². The van der Waals surface area contributed by atoms with Crippen molar-refractivity contribution in [1.82, 2.24) is 15.0 Å². The van der Waals surface area contributed by atoms with Gasteiger partial charge in [-0.15, -0.1) is 12.4 Å². The van der Waals surface area contributed by atoms with Gasteiger partial charge < -0.3 is 19.9 Å². The third-order valence-electron chi connectivity index (χ3n) is 4.34. The number of methoxy groups -OCH3 is 1. The van der Waals surface area contributed by atoms with E-state index in [0.29, 0.717) is 31.1 Å². The first-order valence-corrected chi connectivity index (χ1v) is 8.18. The van der Waals surface area contributed by atoms with E-state index >= 15 is 0 Å². The number of ether oxygens (including phenoxy) is 1. The molecule has 1 saturated heterocycles. The number of likely N-dealkylation sites (tertiary alicyclic amines) is 1. The standard InChI is InChI=1S/C17H22N4O3.ClH/c1-23-14-6-4-12(5-7-14)17-19-15(24-20-17)8-9-16(22)21-10-2-3-13(21)11-18;/h4-7,13H,2-3,8-11,18H2,1H3;1H. The Morgan fingerprint density at radius 3 is 2.84 bits per heavy atom. The van der Waals surface area contributed by atoms with E-state index in [-0.39, 0.29) is 24.4 Å². The third-order valence-corrected chi connectivity index (χ3v) is 4.34. The Morgan fingerprint density at radius 2 is 2.16 bits per heavy atom. The Labute approximate surface area is 152 Å². The second-order valence-corrected chi connectivity index (χ2v) is 5.86. The highest BCUT2D eigenvalue weighted by molar-refractivity contribution is 5.85. The summed E-state index contributed by atoms with van der Waals surface area (Å²) in [6.45, 7) is 1.32. The van der Waals surface area contributed by atoms with E-state index in [4.69, 9.17) is 15.0 Å². The molecule has 8 heteroatoms. The highest BCUT2D eigenvalue weighted by Gasteiger charge is 2.27. The van der Waals surface area contributed by atoms with Crippen molar-refractivity contribution >= 4 is 18.3 Å². The van der Waals surface area contributed by atoms with Crippen LogP contribution in [0.3, 0.4) is 0 Å². The van der Waals surface area contributed by atoms with Crippen molar-refractivity contribution in [3.63, 3.8) is 0 Å². The van der Waals surface area contributed by atoms with Gasteiger partial charge in [0.15, 0.2) is 0 Å². The van der Waals surface area contributed by atoms with Crippen LogP contribution >= 0.6 is 12.4 Å². The summed E-state index contributed by atoms with van der Waals surface area (Å²) in [7, 11) is 1.62. The van der Waals surface area contributed by atoms with Crippen molar-refractivity contribution in [2.24, 2.45) is 5.73 Å². The second-order valence-electron chi connectivity index (χ2n) is 5.86. The zero-order chi connectivity index (χ0) is 16.9. The first kappa shape index (κ1) is 19.2. The molecule has 0 bridgehead atoms. The number of nitrogens with two attached hydrogens (primary N) is 1. The van der Waals surface area contributed by atoms with E-state index in [0.717, 1.165) is 30.7 Å². The molecule has 0 radical (unpaired) electrons. The minimum atomic E-state index is 0. The molecule has 1 aromatic heterocycles. The molecule has 2 N–H and O–H groups in total. The average molecular weight is 367 g/mol. The molecule has 1 atom stereocenters. The van der Waals surface area contributed by atoms with Gasteiger partial charge in [0.25, 0.3) is 0 Å². The SMILES string of the molecule is COc1ccc(-c2noc(CCC(=O)N3CCCC3CN)n2)cc1.Cl.